The van der Waals surface area contributed by atoms with Gasteiger partial charge in [-0.3, -0.25) is 9.58 Å². The molecule has 0 aliphatic carbocycles. The number of hydrogen-bond acceptors (Lipinski definition) is 3. The molecular formula is C12H21ClN4. The van der Waals surface area contributed by atoms with Crippen LogP contribution in [0, 0.1) is 6.92 Å². The second-order valence-corrected chi connectivity index (χ2v) is 5.38. The molecule has 0 aromatic carbocycles. The zero-order valence-corrected chi connectivity index (χ0v) is 11.8. The summed E-state index contributed by atoms with van der Waals surface area (Å²) in [6, 6.07) is 1.06. The molecule has 1 aromatic heterocycles. The van der Waals surface area contributed by atoms with Crippen molar-refractivity contribution >= 4 is 11.6 Å². The monoisotopic (exact) mass is 256 g/mol. The molecule has 96 valence electrons. The van der Waals surface area contributed by atoms with Gasteiger partial charge in [-0.25, -0.2) is 0 Å². The lowest BCUT2D eigenvalue weighted by atomic mass is 10.1. The lowest BCUT2D eigenvalue weighted by molar-refractivity contribution is 0.106. The van der Waals surface area contributed by atoms with Crippen LogP contribution in [-0.2, 0) is 13.6 Å². The molecule has 1 aliphatic heterocycles. The van der Waals surface area contributed by atoms with Gasteiger partial charge in [0.15, 0.2) is 0 Å². The predicted octanol–water partition coefficient (Wildman–Crippen LogP) is 1.56. The highest BCUT2D eigenvalue weighted by molar-refractivity contribution is 6.31. The van der Waals surface area contributed by atoms with E-state index in [1.165, 1.54) is 0 Å². The summed E-state index contributed by atoms with van der Waals surface area (Å²) in [6.45, 7) is 9.41. The molecule has 4 nitrogen and oxygen atoms in total. The lowest BCUT2D eigenvalue weighted by Gasteiger charge is -2.39. The van der Waals surface area contributed by atoms with Crippen LogP contribution in [-0.4, -0.2) is 39.9 Å². The molecule has 5 heteroatoms. The molecule has 0 saturated carbocycles. The second-order valence-electron chi connectivity index (χ2n) is 5.00. The van der Waals surface area contributed by atoms with Gasteiger partial charge in [-0.2, -0.15) is 5.10 Å². The van der Waals surface area contributed by atoms with Crippen LogP contribution in [0.2, 0.25) is 5.02 Å². The maximum absolute atomic E-state index is 6.30. The standard InChI is InChI=1S/C12H21ClN4/c1-8-5-14-6-9(2)17(8)7-11-12(13)10(3)15-16(11)4/h8-9,14H,5-7H2,1-4H3. The molecule has 1 aromatic rings. The maximum Gasteiger partial charge on any atom is 0.0860 e. The highest BCUT2D eigenvalue weighted by Gasteiger charge is 2.26. The van der Waals surface area contributed by atoms with Crippen molar-refractivity contribution in [3.63, 3.8) is 0 Å². The quantitative estimate of drug-likeness (QED) is 0.872. The minimum Gasteiger partial charge on any atom is -0.314 e. The van der Waals surface area contributed by atoms with Crippen LogP contribution in [0.25, 0.3) is 0 Å². The fourth-order valence-corrected chi connectivity index (χ4v) is 2.73. The van der Waals surface area contributed by atoms with Crippen molar-refractivity contribution in [3.8, 4) is 0 Å². The molecule has 0 amide bonds. The van der Waals surface area contributed by atoms with E-state index < -0.39 is 0 Å². The molecule has 1 N–H and O–H groups in total. The Hall–Kier alpha value is -0.580. The Labute approximate surface area is 108 Å². The highest BCUT2D eigenvalue weighted by Crippen LogP contribution is 2.23. The number of aromatic nitrogens is 2. The average Bonchev–Trinajstić information content (AvgIpc) is 2.49. The molecule has 1 fully saturated rings. The van der Waals surface area contributed by atoms with Crippen molar-refractivity contribution in [1.29, 1.82) is 0 Å². The molecule has 2 atom stereocenters. The number of piperazine rings is 1. The van der Waals surface area contributed by atoms with Crippen molar-refractivity contribution in [2.24, 2.45) is 7.05 Å². The second kappa shape index (κ2) is 4.96. The number of nitrogens with one attached hydrogen (secondary N) is 1. The van der Waals surface area contributed by atoms with Crippen molar-refractivity contribution in [3.05, 3.63) is 16.4 Å². The first-order valence-corrected chi connectivity index (χ1v) is 6.53. The van der Waals surface area contributed by atoms with Gasteiger partial charge in [0.25, 0.3) is 0 Å². The van der Waals surface area contributed by atoms with Crippen molar-refractivity contribution in [2.75, 3.05) is 13.1 Å². The average molecular weight is 257 g/mol. The van der Waals surface area contributed by atoms with Crippen LogP contribution >= 0.6 is 11.6 Å². The summed E-state index contributed by atoms with van der Waals surface area (Å²) in [5.74, 6) is 0. The maximum atomic E-state index is 6.30. The van der Waals surface area contributed by atoms with Gasteiger partial charge in [-0.15, -0.1) is 0 Å². The summed E-state index contributed by atoms with van der Waals surface area (Å²) in [5, 5.41) is 8.62. The Morgan fingerprint density at radius 1 is 1.35 bits per heavy atom. The van der Waals surface area contributed by atoms with Gasteiger partial charge in [0.1, 0.15) is 0 Å². The first-order valence-electron chi connectivity index (χ1n) is 6.15. The zero-order chi connectivity index (χ0) is 12.6. The molecule has 2 unspecified atom stereocenters. The molecule has 0 spiro atoms. The van der Waals surface area contributed by atoms with E-state index in [0.717, 1.165) is 36.0 Å². The first-order chi connectivity index (χ1) is 8.00. The zero-order valence-electron chi connectivity index (χ0n) is 11.0. The molecule has 0 radical (unpaired) electrons. The van der Waals surface area contributed by atoms with Crippen molar-refractivity contribution < 1.29 is 0 Å². The summed E-state index contributed by atoms with van der Waals surface area (Å²) in [5.41, 5.74) is 2.03. The van der Waals surface area contributed by atoms with Crippen LogP contribution in [0.3, 0.4) is 0 Å². The fraction of sp³-hybridized carbons (Fsp3) is 0.750. The van der Waals surface area contributed by atoms with Gasteiger partial charge < -0.3 is 5.32 Å². The van der Waals surface area contributed by atoms with Gasteiger partial charge in [-0.05, 0) is 20.8 Å². The summed E-state index contributed by atoms with van der Waals surface area (Å²) < 4.78 is 1.90. The van der Waals surface area contributed by atoms with E-state index in [0.29, 0.717) is 12.1 Å². The number of nitrogens with zero attached hydrogens (tertiary/aromatic N) is 3. The van der Waals surface area contributed by atoms with E-state index in [-0.39, 0.29) is 0 Å². The Kier molecular flexibility index (Phi) is 3.76. The van der Waals surface area contributed by atoms with Gasteiger partial charge in [-0.1, -0.05) is 11.6 Å². The molecule has 1 aliphatic rings. The number of aryl methyl sites for hydroxylation is 2. The van der Waals surface area contributed by atoms with Gasteiger partial charge >= 0.3 is 0 Å². The van der Waals surface area contributed by atoms with Crippen molar-refractivity contribution in [2.45, 2.75) is 39.4 Å². The Balaban J connectivity index is 2.19. The lowest BCUT2D eigenvalue weighted by Crippen LogP contribution is -2.54. The van der Waals surface area contributed by atoms with Gasteiger partial charge in [0.2, 0.25) is 0 Å². The molecule has 2 heterocycles. The van der Waals surface area contributed by atoms with Crippen molar-refractivity contribution in [1.82, 2.24) is 20.0 Å². The van der Waals surface area contributed by atoms with Crippen LogP contribution < -0.4 is 5.32 Å². The van der Waals surface area contributed by atoms with Crippen LogP contribution in [0.5, 0.6) is 0 Å². The van der Waals surface area contributed by atoms with E-state index in [2.05, 4.69) is 29.2 Å². The number of halogens is 1. The normalized spacial score (nSPS) is 26.4. The third kappa shape index (κ3) is 2.49. The smallest absolute Gasteiger partial charge is 0.0860 e. The largest absolute Gasteiger partial charge is 0.314 e. The predicted molar refractivity (Wildman–Crippen MR) is 70.3 cm³/mol. The topological polar surface area (TPSA) is 33.1 Å². The number of rotatable bonds is 2. The minimum absolute atomic E-state index is 0.532. The van der Waals surface area contributed by atoms with E-state index in [4.69, 9.17) is 11.6 Å². The third-order valence-corrected chi connectivity index (χ3v) is 4.10. The number of hydrogen-bond donors (Lipinski definition) is 1. The van der Waals surface area contributed by atoms with E-state index >= 15 is 0 Å². The van der Waals surface area contributed by atoms with Crippen LogP contribution in [0.1, 0.15) is 25.2 Å². The Morgan fingerprint density at radius 2 is 1.94 bits per heavy atom. The van der Waals surface area contributed by atoms with Gasteiger partial charge in [0.05, 0.1) is 16.4 Å². The SMILES string of the molecule is Cc1nn(C)c(CN2C(C)CNCC2C)c1Cl. The molecule has 2 rings (SSSR count). The van der Waals surface area contributed by atoms with E-state index in [9.17, 15) is 0 Å². The fourth-order valence-electron chi connectivity index (χ4n) is 2.51. The summed E-state index contributed by atoms with van der Waals surface area (Å²) in [6.07, 6.45) is 0. The van der Waals surface area contributed by atoms with Crippen LogP contribution in [0.4, 0.5) is 0 Å². The van der Waals surface area contributed by atoms with E-state index in [1.807, 2.05) is 18.7 Å². The molecule has 0 bridgehead atoms. The Morgan fingerprint density at radius 3 is 2.41 bits per heavy atom. The van der Waals surface area contributed by atoms with Gasteiger partial charge in [0, 0.05) is 38.8 Å². The Bertz CT molecular complexity index is 391. The molecule has 17 heavy (non-hydrogen) atoms. The summed E-state index contributed by atoms with van der Waals surface area (Å²) in [4.78, 5) is 2.48. The first kappa shape index (κ1) is 12.9. The summed E-state index contributed by atoms with van der Waals surface area (Å²) >= 11 is 6.30. The van der Waals surface area contributed by atoms with E-state index in [1.54, 1.807) is 0 Å². The molecule has 1 saturated heterocycles. The third-order valence-electron chi connectivity index (χ3n) is 3.61. The minimum atomic E-state index is 0.532. The highest BCUT2D eigenvalue weighted by atomic mass is 35.5. The van der Waals surface area contributed by atoms with Crippen LogP contribution in [0.15, 0.2) is 0 Å². The molecular weight excluding hydrogens is 236 g/mol. The summed E-state index contributed by atoms with van der Waals surface area (Å²) in [7, 11) is 1.96.